The molecule has 45 heavy (non-hydrogen) atoms. The Labute approximate surface area is 265 Å². The number of carbonyl (C=O) groups is 1. The molecule has 0 spiro atoms. The van der Waals surface area contributed by atoms with E-state index in [1.165, 1.54) is 0 Å². The van der Waals surface area contributed by atoms with Gasteiger partial charge in [0.25, 0.3) is 20.2 Å². The zero-order valence-corrected chi connectivity index (χ0v) is 27.3. The monoisotopic (exact) mass is 675 g/mol. The molecule has 5 rings (SSSR count). The van der Waals surface area contributed by atoms with Gasteiger partial charge >= 0.3 is 0 Å². The molecule has 256 valence electrons. The highest BCUT2D eigenvalue weighted by Crippen LogP contribution is 2.44. The van der Waals surface area contributed by atoms with Gasteiger partial charge in [-0.15, -0.1) is 0 Å². The molecule has 0 radical (unpaired) electrons. The number of aliphatic hydroxyl groups is 2. The van der Waals surface area contributed by atoms with Crippen LogP contribution in [0.1, 0.15) is 103 Å². The SMILES string of the molecule is O=C(NC1CCC2C(C1)CC(S(=O)(=O)O)C(N=NC1CCC(N=NC3CCC(S(=O)(=O)O)CC3)CC1O)C2O)C1CCCCC1. The molecule has 5 aliphatic rings. The summed E-state index contributed by atoms with van der Waals surface area (Å²) in [5.41, 5.74) is 0. The molecule has 0 heterocycles. The maximum absolute atomic E-state index is 12.8. The van der Waals surface area contributed by atoms with E-state index in [0.717, 1.165) is 32.1 Å². The van der Waals surface area contributed by atoms with E-state index in [1.54, 1.807) is 0 Å². The van der Waals surface area contributed by atoms with Crippen LogP contribution in [0.3, 0.4) is 0 Å². The first kappa shape index (κ1) is 34.7. The summed E-state index contributed by atoms with van der Waals surface area (Å²) in [6.45, 7) is 0. The first-order valence-electron chi connectivity index (χ1n) is 16.7. The summed E-state index contributed by atoms with van der Waals surface area (Å²) in [6, 6.07) is -2.24. The molecular weight excluding hydrogens is 626 g/mol. The zero-order valence-electron chi connectivity index (χ0n) is 25.7. The van der Waals surface area contributed by atoms with Crippen molar-refractivity contribution < 1.29 is 40.9 Å². The summed E-state index contributed by atoms with van der Waals surface area (Å²) >= 11 is 0. The summed E-state index contributed by atoms with van der Waals surface area (Å²) in [6.07, 6.45) is 7.90. The number of hydrogen-bond donors (Lipinski definition) is 5. The Morgan fingerprint density at radius 3 is 1.98 bits per heavy atom. The predicted molar refractivity (Wildman–Crippen MR) is 164 cm³/mol. The standard InChI is InChI=1S/C29H49N5O9S2/c35-25-16-21(32-31-19-6-10-22(11-7-19)44(38,39)40)9-13-24(25)33-34-27-26(45(41,42)43)15-18-14-20(8-12-23(18)28(27)36)30-29(37)17-4-2-1-3-5-17/h17-28,35-36H,1-16H2,(H,30,37)(H,38,39,40)(H,41,42,43). The summed E-state index contributed by atoms with van der Waals surface area (Å²) in [5, 5.41) is 40.5. The number of amides is 1. The summed E-state index contributed by atoms with van der Waals surface area (Å²) in [5.74, 6) is -0.343. The summed E-state index contributed by atoms with van der Waals surface area (Å²) in [7, 11) is -8.60. The van der Waals surface area contributed by atoms with Crippen LogP contribution < -0.4 is 5.32 Å². The van der Waals surface area contributed by atoms with Crippen LogP contribution in [0.4, 0.5) is 0 Å². The van der Waals surface area contributed by atoms with Crippen LogP contribution in [0.2, 0.25) is 0 Å². The van der Waals surface area contributed by atoms with E-state index >= 15 is 0 Å². The van der Waals surface area contributed by atoms with Crippen molar-refractivity contribution in [1.82, 2.24) is 5.32 Å². The van der Waals surface area contributed by atoms with Gasteiger partial charge in [0, 0.05) is 12.0 Å². The topological polar surface area (TPSA) is 228 Å². The molecule has 0 saturated heterocycles. The lowest BCUT2D eigenvalue weighted by atomic mass is 9.66. The molecular formula is C29H49N5O9S2. The third kappa shape index (κ3) is 8.86. The lowest BCUT2D eigenvalue weighted by Crippen LogP contribution is -2.55. The molecule has 1 amide bonds. The van der Waals surface area contributed by atoms with Gasteiger partial charge in [-0.1, -0.05) is 19.3 Å². The van der Waals surface area contributed by atoms with Crippen molar-refractivity contribution in [3.05, 3.63) is 0 Å². The van der Waals surface area contributed by atoms with E-state index in [2.05, 4.69) is 25.8 Å². The van der Waals surface area contributed by atoms with E-state index in [9.17, 15) is 40.9 Å². The van der Waals surface area contributed by atoms with Gasteiger partial charge in [-0.3, -0.25) is 13.9 Å². The lowest BCUT2D eigenvalue weighted by molar-refractivity contribution is -0.127. The first-order valence-corrected chi connectivity index (χ1v) is 19.7. The molecule has 5 aliphatic carbocycles. The Morgan fingerprint density at radius 1 is 0.667 bits per heavy atom. The summed E-state index contributed by atoms with van der Waals surface area (Å²) < 4.78 is 67.0. The van der Waals surface area contributed by atoms with Crippen LogP contribution >= 0.6 is 0 Å². The van der Waals surface area contributed by atoms with Crippen molar-refractivity contribution in [1.29, 1.82) is 0 Å². The minimum atomic E-state index is -4.56. The smallest absolute Gasteiger partial charge is 0.270 e. The molecule has 0 aromatic carbocycles. The largest absolute Gasteiger partial charge is 0.391 e. The molecule has 5 N–H and O–H groups in total. The zero-order chi connectivity index (χ0) is 32.4. The second-order valence-electron chi connectivity index (χ2n) is 14.1. The van der Waals surface area contributed by atoms with Gasteiger partial charge in [-0.25, -0.2) is 0 Å². The Morgan fingerprint density at radius 2 is 1.33 bits per heavy atom. The van der Waals surface area contributed by atoms with E-state index < -0.39 is 55.0 Å². The molecule has 0 aromatic heterocycles. The normalized spacial score (nSPS) is 40.8. The molecule has 9 atom stereocenters. The number of nitrogens with zero attached hydrogens (tertiary/aromatic N) is 4. The molecule has 5 saturated carbocycles. The number of azo groups is 2. The molecule has 0 bridgehead atoms. The quantitative estimate of drug-likeness (QED) is 0.188. The van der Waals surface area contributed by atoms with Gasteiger partial charge in [-0.05, 0) is 95.3 Å². The van der Waals surface area contributed by atoms with E-state index in [-0.39, 0.29) is 54.6 Å². The number of nitrogens with one attached hydrogen (secondary N) is 1. The number of rotatable bonds is 8. The highest BCUT2D eigenvalue weighted by Gasteiger charge is 2.51. The average Bonchev–Trinajstić information content (AvgIpc) is 3.00. The second kappa shape index (κ2) is 14.7. The van der Waals surface area contributed by atoms with Crippen molar-refractivity contribution in [2.75, 3.05) is 0 Å². The van der Waals surface area contributed by atoms with Gasteiger partial charge in [0.05, 0.1) is 35.6 Å². The van der Waals surface area contributed by atoms with Gasteiger partial charge in [0.15, 0.2) is 0 Å². The molecule has 0 aliphatic heterocycles. The van der Waals surface area contributed by atoms with Gasteiger partial charge in [0.1, 0.15) is 11.3 Å². The van der Waals surface area contributed by atoms with E-state index in [4.69, 9.17) is 0 Å². The maximum Gasteiger partial charge on any atom is 0.270 e. The molecule has 14 nitrogen and oxygen atoms in total. The fourth-order valence-electron chi connectivity index (χ4n) is 8.33. The number of carbonyl (C=O) groups excluding carboxylic acids is 1. The highest BCUT2D eigenvalue weighted by molar-refractivity contribution is 7.86. The van der Waals surface area contributed by atoms with Crippen LogP contribution in [0.5, 0.6) is 0 Å². The minimum Gasteiger partial charge on any atom is -0.391 e. The molecule has 16 heteroatoms. The summed E-state index contributed by atoms with van der Waals surface area (Å²) in [4.78, 5) is 12.8. The average molecular weight is 676 g/mol. The fraction of sp³-hybridized carbons (Fsp3) is 0.966. The predicted octanol–water partition coefficient (Wildman–Crippen LogP) is 3.24. The Hall–Kier alpha value is -1.59. The number of hydrogen-bond acceptors (Lipinski definition) is 11. The van der Waals surface area contributed by atoms with Crippen LogP contribution in [-0.4, -0.2) is 95.0 Å². The van der Waals surface area contributed by atoms with Gasteiger partial charge in [0.2, 0.25) is 5.91 Å². The Balaban J connectivity index is 1.15. The van der Waals surface area contributed by atoms with Gasteiger partial charge in [-0.2, -0.15) is 37.3 Å². The first-order chi connectivity index (χ1) is 21.3. The second-order valence-corrected chi connectivity index (χ2v) is 17.4. The molecule has 5 fully saturated rings. The van der Waals surface area contributed by atoms with Crippen molar-refractivity contribution in [3.8, 4) is 0 Å². The third-order valence-corrected chi connectivity index (χ3v) is 13.6. The van der Waals surface area contributed by atoms with Crippen LogP contribution in [0.25, 0.3) is 0 Å². The van der Waals surface area contributed by atoms with Crippen molar-refractivity contribution in [2.24, 2.45) is 38.2 Å². The Bertz CT molecular complexity index is 1300. The van der Waals surface area contributed by atoms with Crippen molar-refractivity contribution in [3.63, 3.8) is 0 Å². The lowest BCUT2D eigenvalue weighted by Gasteiger charge is -2.46. The van der Waals surface area contributed by atoms with E-state index in [0.29, 0.717) is 57.8 Å². The molecule has 9 unspecified atom stereocenters. The van der Waals surface area contributed by atoms with Gasteiger partial charge < -0.3 is 15.5 Å². The van der Waals surface area contributed by atoms with Crippen molar-refractivity contribution >= 4 is 26.1 Å². The van der Waals surface area contributed by atoms with Crippen LogP contribution in [0.15, 0.2) is 20.5 Å². The number of aliphatic hydroxyl groups excluding tert-OH is 2. The molecule has 0 aromatic rings. The Kier molecular flexibility index (Phi) is 11.3. The van der Waals surface area contributed by atoms with Crippen molar-refractivity contribution in [2.45, 2.75) is 156 Å². The van der Waals surface area contributed by atoms with E-state index in [1.807, 2.05) is 0 Å². The minimum absolute atomic E-state index is 0.0258. The third-order valence-electron chi connectivity index (χ3n) is 11.0. The number of fused-ring (bicyclic) bond motifs is 1. The van der Waals surface area contributed by atoms with Crippen LogP contribution in [-0.2, 0) is 25.0 Å². The highest BCUT2D eigenvalue weighted by atomic mass is 32.2. The maximum atomic E-state index is 12.8. The fourth-order valence-corrected chi connectivity index (χ4v) is 10.3. The van der Waals surface area contributed by atoms with Crippen LogP contribution in [0, 0.1) is 17.8 Å².